The van der Waals surface area contributed by atoms with Crippen LogP contribution in [0.1, 0.15) is 43.0 Å². The Hall–Kier alpha value is -3.11. The highest BCUT2D eigenvalue weighted by molar-refractivity contribution is 6.31. The summed E-state index contributed by atoms with van der Waals surface area (Å²) >= 11 is 6.14. The molecule has 3 aromatic rings. The van der Waals surface area contributed by atoms with Crippen LogP contribution in [0.25, 0.3) is 0 Å². The number of rotatable bonds is 7. The molecule has 0 bridgehead atoms. The molecular formula is C26H27ClN2O2. The first kappa shape index (κ1) is 22.6. The van der Waals surface area contributed by atoms with E-state index in [4.69, 9.17) is 16.3 Å². The highest BCUT2D eigenvalue weighted by Gasteiger charge is 2.13. The second-order valence-corrected chi connectivity index (χ2v) is 8.77. The Morgan fingerprint density at radius 2 is 1.68 bits per heavy atom. The van der Waals surface area contributed by atoms with Crippen LogP contribution in [-0.4, -0.2) is 12.1 Å². The molecule has 5 heteroatoms. The van der Waals surface area contributed by atoms with Crippen LogP contribution >= 0.6 is 11.6 Å². The molecule has 0 saturated heterocycles. The summed E-state index contributed by atoms with van der Waals surface area (Å²) in [7, 11) is 0. The number of ether oxygens (including phenoxy) is 1. The van der Waals surface area contributed by atoms with Gasteiger partial charge in [-0.25, -0.2) is 5.43 Å². The average Bonchev–Trinajstić information content (AvgIpc) is 2.74. The Labute approximate surface area is 188 Å². The summed E-state index contributed by atoms with van der Waals surface area (Å²) < 4.78 is 5.77. The van der Waals surface area contributed by atoms with Gasteiger partial charge in [0.15, 0.2) is 0 Å². The van der Waals surface area contributed by atoms with Crippen LogP contribution in [0, 0.1) is 0 Å². The maximum atomic E-state index is 12.1. The van der Waals surface area contributed by atoms with Gasteiger partial charge in [0.2, 0.25) is 5.91 Å². The molecule has 0 aromatic heterocycles. The van der Waals surface area contributed by atoms with Crippen molar-refractivity contribution in [2.75, 3.05) is 0 Å². The summed E-state index contributed by atoms with van der Waals surface area (Å²) in [5, 5.41) is 4.73. The fraction of sp³-hybridized carbons (Fsp3) is 0.231. The molecule has 1 N–H and O–H groups in total. The Bertz CT molecular complexity index is 1040. The van der Waals surface area contributed by atoms with Crippen LogP contribution < -0.4 is 10.2 Å². The molecule has 0 aliphatic heterocycles. The Morgan fingerprint density at radius 1 is 1.00 bits per heavy atom. The molecule has 0 fully saturated rings. The van der Waals surface area contributed by atoms with Crippen molar-refractivity contribution in [2.24, 2.45) is 5.10 Å². The van der Waals surface area contributed by atoms with Crippen molar-refractivity contribution < 1.29 is 9.53 Å². The molecule has 0 spiro atoms. The lowest BCUT2D eigenvalue weighted by molar-refractivity contribution is -0.120. The van der Waals surface area contributed by atoms with Crippen molar-refractivity contribution >= 4 is 23.7 Å². The fourth-order valence-corrected chi connectivity index (χ4v) is 3.14. The van der Waals surface area contributed by atoms with Crippen LogP contribution in [0.3, 0.4) is 0 Å². The zero-order chi connectivity index (χ0) is 22.3. The number of halogens is 1. The minimum Gasteiger partial charge on any atom is -0.489 e. The molecule has 31 heavy (non-hydrogen) atoms. The molecule has 0 atom stereocenters. The number of amides is 1. The molecule has 3 rings (SSSR count). The predicted molar refractivity (Wildman–Crippen MR) is 127 cm³/mol. The van der Waals surface area contributed by atoms with E-state index in [1.165, 1.54) is 5.56 Å². The third-order valence-electron chi connectivity index (χ3n) is 4.82. The third kappa shape index (κ3) is 6.97. The van der Waals surface area contributed by atoms with Crippen molar-refractivity contribution in [2.45, 2.75) is 39.2 Å². The molecule has 0 aliphatic carbocycles. The first-order chi connectivity index (χ1) is 14.8. The van der Waals surface area contributed by atoms with E-state index >= 15 is 0 Å². The van der Waals surface area contributed by atoms with Gasteiger partial charge in [-0.05, 0) is 52.4 Å². The zero-order valence-electron chi connectivity index (χ0n) is 18.1. The van der Waals surface area contributed by atoms with Crippen molar-refractivity contribution in [1.82, 2.24) is 5.43 Å². The van der Waals surface area contributed by atoms with Crippen LogP contribution in [0.5, 0.6) is 5.75 Å². The van der Waals surface area contributed by atoms with Crippen LogP contribution in [-0.2, 0) is 23.2 Å². The fourth-order valence-electron chi connectivity index (χ4n) is 2.95. The number of hydrogen-bond acceptors (Lipinski definition) is 3. The number of nitrogens with one attached hydrogen (secondary N) is 1. The highest BCUT2D eigenvalue weighted by Crippen LogP contribution is 2.22. The number of carbonyl (C=O) groups excluding carboxylic acids is 1. The number of nitrogens with zero attached hydrogens (tertiary/aromatic N) is 1. The summed E-state index contributed by atoms with van der Waals surface area (Å²) in [5.74, 6) is 0.583. The second-order valence-electron chi connectivity index (χ2n) is 8.37. The van der Waals surface area contributed by atoms with E-state index in [0.29, 0.717) is 11.6 Å². The molecule has 1 amide bonds. The lowest BCUT2D eigenvalue weighted by Crippen LogP contribution is -2.20. The van der Waals surface area contributed by atoms with Gasteiger partial charge in [0.1, 0.15) is 12.4 Å². The summed E-state index contributed by atoms with van der Waals surface area (Å²) in [6.45, 7) is 6.91. The smallest absolute Gasteiger partial charge is 0.244 e. The van der Waals surface area contributed by atoms with Gasteiger partial charge in [-0.3, -0.25) is 4.79 Å². The van der Waals surface area contributed by atoms with E-state index in [1.54, 1.807) is 6.21 Å². The Kier molecular flexibility index (Phi) is 7.48. The number of hydrazone groups is 1. The Balaban J connectivity index is 1.47. The van der Waals surface area contributed by atoms with Crippen LogP contribution in [0.15, 0.2) is 77.9 Å². The second kappa shape index (κ2) is 10.3. The molecule has 0 unspecified atom stereocenters. The first-order valence-corrected chi connectivity index (χ1v) is 10.6. The van der Waals surface area contributed by atoms with Gasteiger partial charge in [0.05, 0.1) is 12.6 Å². The van der Waals surface area contributed by atoms with Gasteiger partial charge in [0, 0.05) is 10.6 Å². The van der Waals surface area contributed by atoms with Gasteiger partial charge in [-0.15, -0.1) is 0 Å². The molecular weight excluding hydrogens is 408 g/mol. The number of carbonyl (C=O) groups is 1. The molecule has 0 heterocycles. The first-order valence-electron chi connectivity index (χ1n) is 10.2. The van der Waals surface area contributed by atoms with Crippen molar-refractivity contribution in [3.8, 4) is 5.75 Å². The monoisotopic (exact) mass is 434 g/mol. The van der Waals surface area contributed by atoms with Crippen LogP contribution in [0.2, 0.25) is 5.02 Å². The van der Waals surface area contributed by atoms with E-state index < -0.39 is 0 Å². The SMILES string of the molecule is CC(C)(C)c1ccc(CC(=O)NN=Cc2ccc(OCc3ccccc3Cl)cc2)cc1. The molecule has 0 aliphatic rings. The molecule has 4 nitrogen and oxygen atoms in total. The van der Waals surface area contributed by atoms with Crippen LogP contribution in [0.4, 0.5) is 0 Å². The lowest BCUT2D eigenvalue weighted by Gasteiger charge is -2.19. The Morgan fingerprint density at radius 3 is 2.32 bits per heavy atom. The van der Waals surface area contributed by atoms with E-state index in [9.17, 15) is 4.79 Å². The highest BCUT2D eigenvalue weighted by atomic mass is 35.5. The average molecular weight is 435 g/mol. The minimum atomic E-state index is -0.153. The lowest BCUT2D eigenvalue weighted by atomic mass is 9.86. The quantitative estimate of drug-likeness (QED) is 0.371. The van der Waals surface area contributed by atoms with Gasteiger partial charge in [-0.1, -0.05) is 74.8 Å². The van der Waals surface area contributed by atoms with E-state index in [0.717, 1.165) is 22.4 Å². The predicted octanol–water partition coefficient (Wildman–Crippen LogP) is 5.91. The number of hydrogen-bond donors (Lipinski definition) is 1. The molecule has 160 valence electrons. The molecule has 0 radical (unpaired) electrons. The standard InChI is InChI=1S/C26H27ClN2O2/c1-26(2,3)22-12-8-19(9-13-22)16-25(30)29-28-17-20-10-14-23(15-11-20)31-18-21-6-4-5-7-24(21)27/h4-15,17H,16,18H2,1-3H3,(H,29,30). The summed E-state index contributed by atoms with van der Waals surface area (Å²) in [5.41, 5.74) is 6.67. The van der Waals surface area contributed by atoms with Gasteiger partial charge < -0.3 is 4.74 Å². The summed E-state index contributed by atoms with van der Waals surface area (Å²) in [4.78, 5) is 12.1. The van der Waals surface area contributed by atoms with E-state index in [-0.39, 0.29) is 17.7 Å². The summed E-state index contributed by atoms with van der Waals surface area (Å²) in [6.07, 6.45) is 1.90. The minimum absolute atomic E-state index is 0.0975. The third-order valence-corrected chi connectivity index (χ3v) is 5.19. The topological polar surface area (TPSA) is 50.7 Å². The molecule has 0 saturated carbocycles. The van der Waals surface area contributed by atoms with E-state index in [2.05, 4.69) is 43.4 Å². The maximum absolute atomic E-state index is 12.1. The largest absolute Gasteiger partial charge is 0.489 e. The zero-order valence-corrected chi connectivity index (χ0v) is 18.8. The van der Waals surface area contributed by atoms with Gasteiger partial charge in [0.25, 0.3) is 0 Å². The van der Waals surface area contributed by atoms with Gasteiger partial charge in [-0.2, -0.15) is 5.10 Å². The van der Waals surface area contributed by atoms with Crippen molar-refractivity contribution in [1.29, 1.82) is 0 Å². The summed E-state index contributed by atoms with van der Waals surface area (Å²) in [6, 6.07) is 23.2. The van der Waals surface area contributed by atoms with E-state index in [1.807, 2.05) is 60.7 Å². The number of benzene rings is 3. The van der Waals surface area contributed by atoms with Crippen molar-refractivity contribution in [3.05, 3.63) is 100 Å². The van der Waals surface area contributed by atoms with Gasteiger partial charge >= 0.3 is 0 Å². The molecule has 3 aromatic carbocycles. The normalized spacial score (nSPS) is 11.5. The van der Waals surface area contributed by atoms with Crippen molar-refractivity contribution in [3.63, 3.8) is 0 Å². The maximum Gasteiger partial charge on any atom is 0.244 e.